The van der Waals surface area contributed by atoms with Gasteiger partial charge in [0.25, 0.3) is 17.6 Å². The van der Waals surface area contributed by atoms with Gasteiger partial charge in [-0.15, -0.1) is 0 Å². The van der Waals surface area contributed by atoms with Crippen LogP contribution in [0, 0.1) is 11.7 Å². The van der Waals surface area contributed by atoms with E-state index in [1.54, 1.807) is 13.8 Å². The molecule has 0 spiro atoms. The number of halogens is 3. The van der Waals surface area contributed by atoms with Crippen molar-refractivity contribution >= 4 is 35.2 Å². The van der Waals surface area contributed by atoms with Gasteiger partial charge in [-0.1, -0.05) is 37.7 Å². The highest BCUT2D eigenvalue weighted by Gasteiger charge is 2.27. The molecule has 0 radical (unpaired) electrons. The molecule has 0 saturated carbocycles. The van der Waals surface area contributed by atoms with E-state index in [9.17, 15) is 27.6 Å². The number of carbonyl (C=O) groups is 3. The van der Waals surface area contributed by atoms with E-state index in [0.717, 1.165) is 6.07 Å². The summed E-state index contributed by atoms with van der Waals surface area (Å²) in [6, 6.07) is 9.97. The lowest BCUT2D eigenvalue weighted by Crippen LogP contribution is -2.46. The van der Waals surface area contributed by atoms with Crippen molar-refractivity contribution in [2.75, 3.05) is 11.9 Å². The highest BCUT2D eigenvalue weighted by Crippen LogP contribution is 2.26. The molecular weight excluding hydrogens is 433 g/mol. The number of carbonyl (C=O) groups excluding carboxylic acids is 3. The van der Waals surface area contributed by atoms with Crippen molar-refractivity contribution in [2.24, 2.45) is 5.92 Å². The van der Waals surface area contributed by atoms with Crippen LogP contribution in [0.15, 0.2) is 53.4 Å². The molecule has 0 aliphatic heterocycles. The monoisotopic (exact) mass is 454 g/mol. The van der Waals surface area contributed by atoms with Gasteiger partial charge in [0.2, 0.25) is 0 Å². The molecular formula is C21H21F3N2O4S. The van der Waals surface area contributed by atoms with Gasteiger partial charge in [0, 0.05) is 10.6 Å². The number of hydrogen-bond donors (Lipinski definition) is 2. The fourth-order valence-corrected chi connectivity index (χ4v) is 3.00. The van der Waals surface area contributed by atoms with Crippen LogP contribution < -0.4 is 10.6 Å². The Labute approximate surface area is 181 Å². The fourth-order valence-electron chi connectivity index (χ4n) is 2.51. The molecule has 2 aromatic carbocycles. The number of ether oxygens (including phenoxy) is 1. The zero-order valence-corrected chi connectivity index (χ0v) is 17.5. The SMILES string of the molecule is CC(C)[C@H](NC(=O)c1ccccc1F)C(=O)OCC(=O)Nc1ccc(SC(F)F)cc1. The zero-order valence-electron chi connectivity index (χ0n) is 16.7. The van der Waals surface area contributed by atoms with E-state index >= 15 is 0 Å². The largest absolute Gasteiger partial charge is 0.454 e. The molecule has 0 heterocycles. The van der Waals surface area contributed by atoms with E-state index in [0.29, 0.717) is 22.3 Å². The Hall–Kier alpha value is -3.01. The first-order valence-electron chi connectivity index (χ1n) is 9.24. The number of benzene rings is 2. The van der Waals surface area contributed by atoms with Crippen LogP contribution in [0.25, 0.3) is 0 Å². The predicted molar refractivity (Wildman–Crippen MR) is 110 cm³/mol. The van der Waals surface area contributed by atoms with Gasteiger partial charge in [-0.05, 0) is 42.3 Å². The van der Waals surface area contributed by atoms with Crippen molar-refractivity contribution in [1.82, 2.24) is 5.32 Å². The van der Waals surface area contributed by atoms with Crippen LogP contribution in [0.3, 0.4) is 0 Å². The van der Waals surface area contributed by atoms with Gasteiger partial charge in [0.05, 0.1) is 5.56 Å². The highest BCUT2D eigenvalue weighted by molar-refractivity contribution is 7.99. The van der Waals surface area contributed by atoms with E-state index in [2.05, 4.69) is 10.6 Å². The van der Waals surface area contributed by atoms with Crippen LogP contribution in [-0.2, 0) is 14.3 Å². The number of thioether (sulfide) groups is 1. The summed E-state index contributed by atoms with van der Waals surface area (Å²) in [5, 5.41) is 4.89. The normalized spacial score (nSPS) is 11.8. The van der Waals surface area contributed by atoms with Gasteiger partial charge in [0.15, 0.2) is 6.61 Å². The van der Waals surface area contributed by atoms with Crippen molar-refractivity contribution in [3.63, 3.8) is 0 Å². The minimum Gasteiger partial charge on any atom is -0.454 e. The second-order valence-electron chi connectivity index (χ2n) is 6.73. The summed E-state index contributed by atoms with van der Waals surface area (Å²) >= 11 is 0.377. The Bertz CT molecular complexity index is 923. The maximum atomic E-state index is 13.8. The molecule has 0 aromatic heterocycles. The first-order valence-corrected chi connectivity index (χ1v) is 10.1. The Morgan fingerprint density at radius 3 is 2.26 bits per heavy atom. The first kappa shape index (κ1) is 24.3. The molecule has 0 saturated heterocycles. The fraction of sp³-hybridized carbons (Fsp3) is 0.286. The summed E-state index contributed by atoms with van der Waals surface area (Å²) in [7, 11) is 0. The maximum absolute atomic E-state index is 13.8. The topological polar surface area (TPSA) is 84.5 Å². The summed E-state index contributed by atoms with van der Waals surface area (Å²) in [6.07, 6.45) is 0. The van der Waals surface area contributed by atoms with Gasteiger partial charge in [0.1, 0.15) is 11.9 Å². The summed E-state index contributed by atoms with van der Waals surface area (Å²) in [4.78, 5) is 37.0. The van der Waals surface area contributed by atoms with Crippen LogP contribution >= 0.6 is 11.8 Å². The first-order chi connectivity index (χ1) is 14.7. The van der Waals surface area contributed by atoms with E-state index < -0.39 is 42.0 Å². The zero-order chi connectivity index (χ0) is 23.0. The van der Waals surface area contributed by atoms with Crippen molar-refractivity contribution in [2.45, 2.75) is 30.5 Å². The van der Waals surface area contributed by atoms with E-state index in [-0.39, 0.29) is 11.5 Å². The number of hydrogen-bond acceptors (Lipinski definition) is 5. The van der Waals surface area contributed by atoms with E-state index in [1.165, 1.54) is 42.5 Å². The molecule has 1 atom stereocenters. The number of amides is 2. The quantitative estimate of drug-likeness (QED) is 0.441. The van der Waals surface area contributed by atoms with Crippen molar-refractivity contribution < 1.29 is 32.3 Å². The molecule has 6 nitrogen and oxygen atoms in total. The predicted octanol–water partition coefficient (Wildman–Crippen LogP) is 4.08. The summed E-state index contributed by atoms with van der Waals surface area (Å²) < 4.78 is 43.4. The van der Waals surface area contributed by atoms with Crippen LogP contribution in [0.5, 0.6) is 0 Å². The maximum Gasteiger partial charge on any atom is 0.329 e. The lowest BCUT2D eigenvalue weighted by molar-refractivity contribution is -0.150. The molecule has 2 rings (SSSR count). The molecule has 31 heavy (non-hydrogen) atoms. The summed E-state index contributed by atoms with van der Waals surface area (Å²) in [5.74, 6) is -5.93. The Balaban J connectivity index is 1.90. The Kier molecular flexibility index (Phi) is 8.92. The highest BCUT2D eigenvalue weighted by atomic mass is 32.2. The molecule has 0 aliphatic rings. The molecule has 2 N–H and O–H groups in total. The summed E-state index contributed by atoms with van der Waals surface area (Å²) in [5.41, 5.74) is 0.125. The van der Waals surface area contributed by atoms with E-state index in [1.807, 2.05) is 0 Å². The van der Waals surface area contributed by atoms with Crippen LogP contribution in [0.1, 0.15) is 24.2 Å². The van der Waals surface area contributed by atoms with Crippen molar-refractivity contribution in [3.8, 4) is 0 Å². The average molecular weight is 454 g/mol. The third kappa shape index (κ3) is 7.63. The van der Waals surface area contributed by atoms with Crippen LogP contribution in [0.4, 0.5) is 18.9 Å². The number of rotatable bonds is 9. The van der Waals surface area contributed by atoms with Gasteiger partial charge in [-0.25, -0.2) is 9.18 Å². The molecule has 166 valence electrons. The molecule has 2 amide bonds. The Morgan fingerprint density at radius 2 is 1.68 bits per heavy atom. The molecule has 0 fully saturated rings. The Morgan fingerprint density at radius 1 is 1.03 bits per heavy atom. The average Bonchev–Trinajstić information content (AvgIpc) is 2.71. The lowest BCUT2D eigenvalue weighted by Gasteiger charge is -2.21. The molecule has 0 unspecified atom stereocenters. The van der Waals surface area contributed by atoms with Crippen LogP contribution in [-0.4, -0.2) is 36.2 Å². The number of nitrogens with one attached hydrogen (secondary N) is 2. The van der Waals surface area contributed by atoms with Crippen molar-refractivity contribution in [1.29, 1.82) is 0 Å². The van der Waals surface area contributed by atoms with Gasteiger partial charge in [-0.2, -0.15) is 8.78 Å². The van der Waals surface area contributed by atoms with Gasteiger partial charge >= 0.3 is 5.97 Å². The second kappa shape index (κ2) is 11.4. The standard InChI is InChI=1S/C21H21F3N2O4S/c1-12(2)18(26-19(28)15-5-3-4-6-16(15)22)20(29)30-11-17(27)25-13-7-9-14(10-8-13)31-21(23)24/h3-10,12,18,21H,11H2,1-2H3,(H,25,27)(H,26,28)/t18-/m0/s1. The lowest BCUT2D eigenvalue weighted by atomic mass is 10.0. The van der Waals surface area contributed by atoms with Crippen LogP contribution in [0.2, 0.25) is 0 Å². The third-order valence-electron chi connectivity index (χ3n) is 4.03. The summed E-state index contributed by atoms with van der Waals surface area (Å²) in [6.45, 7) is 2.70. The molecule has 10 heteroatoms. The van der Waals surface area contributed by atoms with Gasteiger partial charge < -0.3 is 15.4 Å². The minimum absolute atomic E-state index is 0.216. The number of alkyl halides is 2. The third-order valence-corrected chi connectivity index (χ3v) is 4.76. The van der Waals surface area contributed by atoms with Crippen molar-refractivity contribution in [3.05, 3.63) is 59.9 Å². The van der Waals surface area contributed by atoms with E-state index in [4.69, 9.17) is 4.74 Å². The number of esters is 1. The molecule has 2 aromatic rings. The minimum atomic E-state index is -2.55. The van der Waals surface area contributed by atoms with Gasteiger partial charge in [-0.3, -0.25) is 9.59 Å². The molecule has 0 bridgehead atoms. The molecule has 0 aliphatic carbocycles. The second-order valence-corrected chi connectivity index (χ2v) is 7.80. The smallest absolute Gasteiger partial charge is 0.329 e. The number of anilines is 1.